The fraction of sp³-hybridized carbons (Fsp3) is 0.400. The van der Waals surface area contributed by atoms with Crippen LogP contribution in [0.15, 0.2) is 18.2 Å². The number of nitrogens with two attached hydrogens (primary N) is 1. The van der Waals surface area contributed by atoms with Crippen molar-refractivity contribution in [1.29, 1.82) is 0 Å². The van der Waals surface area contributed by atoms with Crippen molar-refractivity contribution in [2.75, 3.05) is 17.6 Å². The molecule has 0 aliphatic heterocycles. The maximum absolute atomic E-state index is 12.4. The van der Waals surface area contributed by atoms with Gasteiger partial charge in [-0.05, 0) is 18.6 Å². The van der Waals surface area contributed by atoms with Crippen LogP contribution in [0.2, 0.25) is 0 Å². The number of rotatable bonds is 3. The van der Waals surface area contributed by atoms with E-state index in [0.29, 0.717) is 12.2 Å². The number of para-hydroxylation sites is 1. The fourth-order valence-corrected chi connectivity index (χ4v) is 1.23. The van der Waals surface area contributed by atoms with E-state index in [9.17, 15) is 13.2 Å². The first kappa shape index (κ1) is 11.7. The summed E-state index contributed by atoms with van der Waals surface area (Å²) < 4.78 is 37.3. The van der Waals surface area contributed by atoms with E-state index in [1.165, 1.54) is 6.07 Å². The molecule has 0 spiro atoms. The summed E-state index contributed by atoms with van der Waals surface area (Å²) >= 11 is 0. The number of hydrogen-bond donors (Lipinski definition) is 2. The maximum atomic E-state index is 12.4. The molecule has 0 aromatic heterocycles. The third-order valence-electron chi connectivity index (χ3n) is 1.98. The first-order valence-corrected chi connectivity index (χ1v) is 4.66. The van der Waals surface area contributed by atoms with Crippen LogP contribution in [0.1, 0.15) is 18.9 Å². The molecule has 0 fully saturated rings. The maximum Gasteiger partial charge on any atom is 0.418 e. The van der Waals surface area contributed by atoms with Gasteiger partial charge in [-0.25, -0.2) is 0 Å². The van der Waals surface area contributed by atoms with Gasteiger partial charge in [-0.1, -0.05) is 13.0 Å². The SMILES string of the molecule is CCCNc1cccc(C(F)(F)F)c1N. The molecule has 1 aromatic rings. The molecule has 1 aromatic carbocycles. The van der Waals surface area contributed by atoms with E-state index in [0.717, 1.165) is 12.5 Å². The molecule has 15 heavy (non-hydrogen) atoms. The van der Waals surface area contributed by atoms with Gasteiger partial charge in [-0.15, -0.1) is 0 Å². The molecule has 0 radical (unpaired) electrons. The molecule has 84 valence electrons. The lowest BCUT2D eigenvalue weighted by Gasteiger charge is -2.14. The third-order valence-corrected chi connectivity index (χ3v) is 1.98. The average Bonchev–Trinajstić information content (AvgIpc) is 2.14. The van der Waals surface area contributed by atoms with Crippen LogP contribution in [0, 0.1) is 0 Å². The van der Waals surface area contributed by atoms with Crippen LogP contribution in [-0.2, 0) is 6.18 Å². The topological polar surface area (TPSA) is 38.0 Å². The minimum atomic E-state index is -4.39. The molecule has 0 unspecified atom stereocenters. The predicted octanol–water partition coefficient (Wildman–Crippen LogP) is 3.11. The Morgan fingerprint density at radius 2 is 2.00 bits per heavy atom. The lowest BCUT2D eigenvalue weighted by atomic mass is 10.1. The van der Waals surface area contributed by atoms with Crippen molar-refractivity contribution >= 4 is 11.4 Å². The molecule has 2 nitrogen and oxygen atoms in total. The lowest BCUT2D eigenvalue weighted by molar-refractivity contribution is -0.136. The van der Waals surface area contributed by atoms with Gasteiger partial charge < -0.3 is 11.1 Å². The Hall–Kier alpha value is -1.39. The molecular weight excluding hydrogens is 205 g/mol. The van der Waals surface area contributed by atoms with Crippen molar-refractivity contribution in [1.82, 2.24) is 0 Å². The molecule has 0 heterocycles. The van der Waals surface area contributed by atoms with Gasteiger partial charge in [-0.3, -0.25) is 0 Å². The zero-order valence-electron chi connectivity index (χ0n) is 8.36. The quantitative estimate of drug-likeness (QED) is 0.765. The van der Waals surface area contributed by atoms with Crippen molar-refractivity contribution in [2.24, 2.45) is 0 Å². The second kappa shape index (κ2) is 4.42. The Bertz CT molecular complexity index is 334. The highest BCUT2D eigenvalue weighted by atomic mass is 19.4. The van der Waals surface area contributed by atoms with Gasteiger partial charge in [0.2, 0.25) is 0 Å². The van der Waals surface area contributed by atoms with Crippen LogP contribution < -0.4 is 11.1 Å². The van der Waals surface area contributed by atoms with E-state index in [-0.39, 0.29) is 5.69 Å². The Balaban J connectivity index is 3.01. The third kappa shape index (κ3) is 2.78. The molecular formula is C10H13F3N2. The van der Waals surface area contributed by atoms with Gasteiger partial charge >= 0.3 is 6.18 Å². The van der Waals surface area contributed by atoms with Crippen molar-refractivity contribution in [3.05, 3.63) is 23.8 Å². The van der Waals surface area contributed by atoms with Crippen molar-refractivity contribution in [2.45, 2.75) is 19.5 Å². The number of hydrogen-bond acceptors (Lipinski definition) is 2. The Labute approximate surface area is 86.3 Å². The molecule has 3 N–H and O–H groups in total. The second-order valence-electron chi connectivity index (χ2n) is 3.19. The lowest BCUT2D eigenvalue weighted by Crippen LogP contribution is -2.11. The summed E-state index contributed by atoms with van der Waals surface area (Å²) in [6, 6.07) is 3.86. The Morgan fingerprint density at radius 1 is 1.33 bits per heavy atom. The molecule has 0 aliphatic carbocycles. The van der Waals surface area contributed by atoms with Gasteiger partial charge in [0.15, 0.2) is 0 Å². The van der Waals surface area contributed by atoms with Gasteiger partial charge in [0.05, 0.1) is 16.9 Å². The molecule has 0 saturated carbocycles. The van der Waals surface area contributed by atoms with Crippen LogP contribution in [0.25, 0.3) is 0 Å². The van der Waals surface area contributed by atoms with E-state index in [1.807, 2.05) is 6.92 Å². The minimum absolute atomic E-state index is 0.238. The number of benzene rings is 1. The highest BCUT2D eigenvalue weighted by Crippen LogP contribution is 2.36. The van der Waals surface area contributed by atoms with E-state index in [1.54, 1.807) is 6.07 Å². The second-order valence-corrected chi connectivity index (χ2v) is 3.19. The fourth-order valence-electron chi connectivity index (χ4n) is 1.23. The number of nitrogen functional groups attached to an aromatic ring is 1. The van der Waals surface area contributed by atoms with Crippen LogP contribution in [0.3, 0.4) is 0 Å². The first-order valence-electron chi connectivity index (χ1n) is 4.66. The van der Waals surface area contributed by atoms with Crippen molar-refractivity contribution in [3.8, 4) is 0 Å². The summed E-state index contributed by atoms with van der Waals surface area (Å²) in [7, 11) is 0. The number of anilines is 2. The summed E-state index contributed by atoms with van der Waals surface area (Å²) in [5, 5.41) is 2.85. The largest absolute Gasteiger partial charge is 0.418 e. The molecule has 0 saturated heterocycles. The molecule has 1 rings (SSSR count). The minimum Gasteiger partial charge on any atom is -0.397 e. The molecule has 0 bridgehead atoms. The van der Waals surface area contributed by atoms with Crippen LogP contribution >= 0.6 is 0 Å². The number of nitrogens with one attached hydrogen (secondary N) is 1. The number of alkyl halides is 3. The van der Waals surface area contributed by atoms with E-state index in [4.69, 9.17) is 5.73 Å². The van der Waals surface area contributed by atoms with Crippen molar-refractivity contribution < 1.29 is 13.2 Å². The Morgan fingerprint density at radius 3 is 2.53 bits per heavy atom. The summed E-state index contributed by atoms with van der Waals surface area (Å²) in [5.41, 5.74) is 4.74. The Kier molecular flexibility index (Phi) is 3.44. The molecule has 0 atom stereocenters. The van der Waals surface area contributed by atoms with Gasteiger partial charge in [0.1, 0.15) is 0 Å². The zero-order valence-corrected chi connectivity index (χ0v) is 8.36. The van der Waals surface area contributed by atoms with E-state index in [2.05, 4.69) is 5.32 Å². The number of halogens is 3. The molecule has 5 heteroatoms. The van der Waals surface area contributed by atoms with Gasteiger partial charge in [-0.2, -0.15) is 13.2 Å². The van der Waals surface area contributed by atoms with E-state index < -0.39 is 11.7 Å². The first-order chi connectivity index (χ1) is 6.96. The predicted molar refractivity (Wildman–Crippen MR) is 54.6 cm³/mol. The summed E-state index contributed by atoms with van der Waals surface area (Å²) in [5.74, 6) is 0. The molecule has 0 amide bonds. The highest BCUT2D eigenvalue weighted by molar-refractivity contribution is 5.70. The summed E-state index contributed by atoms with van der Waals surface area (Å²) in [4.78, 5) is 0. The summed E-state index contributed by atoms with van der Waals surface area (Å²) in [6.45, 7) is 2.53. The highest BCUT2D eigenvalue weighted by Gasteiger charge is 2.33. The average molecular weight is 218 g/mol. The van der Waals surface area contributed by atoms with Gasteiger partial charge in [0.25, 0.3) is 0 Å². The smallest absolute Gasteiger partial charge is 0.397 e. The van der Waals surface area contributed by atoms with Crippen LogP contribution in [0.5, 0.6) is 0 Å². The molecule has 0 aliphatic rings. The standard InChI is InChI=1S/C10H13F3N2/c1-2-6-15-8-5-3-4-7(9(8)14)10(11,12)13/h3-5,15H,2,6,14H2,1H3. The van der Waals surface area contributed by atoms with Crippen LogP contribution in [0.4, 0.5) is 24.5 Å². The van der Waals surface area contributed by atoms with E-state index >= 15 is 0 Å². The zero-order chi connectivity index (χ0) is 11.5. The monoisotopic (exact) mass is 218 g/mol. The van der Waals surface area contributed by atoms with Crippen LogP contribution in [-0.4, -0.2) is 6.54 Å². The van der Waals surface area contributed by atoms with Gasteiger partial charge in [0, 0.05) is 6.54 Å². The summed E-state index contributed by atoms with van der Waals surface area (Å²) in [6.07, 6.45) is -3.57. The normalized spacial score (nSPS) is 11.5. The van der Waals surface area contributed by atoms with Crippen molar-refractivity contribution in [3.63, 3.8) is 0 Å².